The number of ether oxygens (including phenoxy) is 1. The highest BCUT2D eigenvalue weighted by Gasteiger charge is 2.48. The highest BCUT2D eigenvalue weighted by atomic mass is 28.4. The van der Waals surface area contributed by atoms with Gasteiger partial charge < -0.3 is 15.0 Å². The number of nitrogen functional groups attached to an aromatic ring is 1. The average Bonchev–Trinajstić information content (AvgIpc) is 2.83. The van der Waals surface area contributed by atoms with E-state index in [0.29, 0.717) is 28.7 Å². The molecule has 0 aromatic carbocycles. The monoisotopic (exact) mass is 396 g/mol. The normalized spacial score (nSPS) is 12.1. The summed E-state index contributed by atoms with van der Waals surface area (Å²) < 4.78 is 12.6. The maximum atomic E-state index is 12.7. The lowest BCUT2D eigenvalue weighted by Gasteiger charge is -2.41. The summed E-state index contributed by atoms with van der Waals surface area (Å²) in [4.78, 5) is 24.9. The van der Waals surface area contributed by atoms with Gasteiger partial charge in [0.05, 0.1) is 6.61 Å². The number of hydrogen-bond acceptors (Lipinski definition) is 5. The lowest BCUT2D eigenvalue weighted by atomic mass is 10.1. The van der Waals surface area contributed by atoms with Crippen molar-refractivity contribution in [2.75, 3.05) is 12.4 Å². The maximum absolute atomic E-state index is 12.7. The van der Waals surface area contributed by atoms with Crippen LogP contribution in [0.2, 0.25) is 16.6 Å². The Morgan fingerprint density at radius 2 is 1.63 bits per heavy atom. The van der Waals surface area contributed by atoms with Crippen LogP contribution in [0, 0.1) is 6.92 Å². The van der Waals surface area contributed by atoms with Crippen molar-refractivity contribution >= 4 is 20.3 Å². The van der Waals surface area contributed by atoms with E-state index >= 15 is 0 Å². The van der Waals surface area contributed by atoms with Crippen LogP contribution in [-0.4, -0.2) is 31.5 Å². The molecule has 0 fully saturated rings. The molecular weight excluding hydrogens is 360 g/mol. The molecule has 0 atom stereocenters. The molecule has 0 spiro atoms. The highest BCUT2D eigenvalue weighted by Crippen LogP contribution is 2.42. The van der Waals surface area contributed by atoms with Crippen molar-refractivity contribution < 1.29 is 18.8 Å². The van der Waals surface area contributed by atoms with Gasteiger partial charge in [-0.3, -0.25) is 9.47 Å². The van der Waals surface area contributed by atoms with Crippen molar-refractivity contribution in [1.82, 2.24) is 4.68 Å². The van der Waals surface area contributed by atoms with Gasteiger partial charge >= 0.3 is 5.97 Å². The van der Waals surface area contributed by atoms with Gasteiger partial charge in [0.1, 0.15) is 0 Å². The third-order valence-electron chi connectivity index (χ3n) is 5.40. The van der Waals surface area contributed by atoms with Gasteiger partial charge in [-0.25, -0.2) is 4.79 Å². The molecule has 1 heterocycles. The van der Waals surface area contributed by atoms with Gasteiger partial charge in [0.15, 0.2) is 5.69 Å². The zero-order valence-electron chi connectivity index (χ0n) is 18.1. The Kier molecular flexibility index (Phi) is 8.14. The molecule has 0 radical (unpaired) electrons. The van der Waals surface area contributed by atoms with Crippen LogP contribution in [0.25, 0.3) is 0 Å². The van der Waals surface area contributed by atoms with Crippen molar-refractivity contribution in [2.24, 2.45) is 0 Å². The second-order valence-electron chi connectivity index (χ2n) is 8.06. The van der Waals surface area contributed by atoms with Gasteiger partial charge in [0.2, 0.25) is 0 Å². The first-order valence-electron chi connectivity index (χ1n) is 9.83. The predicted octanol–water partition coefficient (Wildman–Crippen LogP) is 4.34. The molecule has 7 heteroatoms. The number of carbonyl (C=O) groups excluding carboxylic acids is 2. The first-order valence-corrected chi connectivity index (χ1v) is 12.0. The molecule has 27 heavy (non-hydrogen) atoms. The Morgan fingerprint density at radius 1 is 1.11 bits per heavy atom. The summed E-state index contributed by atoms with van der Waals surface area (Å²) in [6.07, 6.45) is 2.31. The largest absolute Gasteiger partial charge is 0.518 e. The standard InChI is InChI=1S/C20H36N2O4Si/c1-9-25-20(24)19-17(16(8)12-22(19)21)10-11-18(23)26-27(13(2)3,14(4)5)15(6)7/h12-15H,9-11,21H2,1-8H3. The summed E-state index contributed by atoms with van der Waals surface area (Å²) in [5, 5.41) is 0. The Labute approximate surface area is 164 Å². The van der Waals surface area contributed by atoms with Crippen LogP contribution >= 0.6 is 0 Å². The zero-order valence-corrected chi connectivity index (χ0v) is 19.1. The number of rotatable bonds is 9. The molecule has 0 amide bonds. The van der Waals surface area contributed by atoms with Crippen molar-refractivity contribution in [1.29, 1.82) is 0 Å². The molecule has 0 aliphatic rings. The summed E-state index contributed by atoms with van der Waals surface area (Å²) >= 11 is 0. The number of aromatic nitrogens is 1. The smallest absolute Gasteiger partial charge is 0.357 e. The summed E-state index contributed by atoms with van der Waals surface area (Å²) in [5.41, 5.74) is 2.93. The van der Waals surface area contributed by atoms with Crippen molar-refractivity contribution in [2.45, 2.75) is 84.9 Å². The molecule has 0 saturated heterocycles. The SMILES string of the molecule is CCOC(=O)c1c(CCC(=O)O[Si](C(C)C)(C(C)C)C(C)C)c(C)cn1N. The fraction of sp³-hybridized carbons (Fsp3) is 0.700. The number of aryl methyl sites for hydroxylation is 1. The zero-order chi connectivity index (χ0) is 20.9. The van der Waals surface area contributed by atoms with E-state index in [9.17, 15) is 9.59 Å². The van der Waals surface area contributed by atoms with Crippen molar-refractivity contribution in [3.63, 3.8) is 0 Å². The van der Waals surface area contributed by atoms with Crippen molar-refractivity contribution in [3.8, 4) is 0 Å². The molecule has 1 aromatic heterocycles. The van der Waals surface area contributed by atoms with Crippen LogP contribution in [0.1, 0.15) is 76.5 Å². The lowest BCUT2D eigenvalue weighted by Crippen LogP contribution is -2.49. The van der Waals surface area contributed by atoms with Crippen LogP contribution in [-0.2, 0) is 20.4 Å². The maximum Gasteiger partial charge on any atom is 0.357 e. The third-order valence-corrected chi connectivity index (χ3v) is 11.4. The molecule has 0 bridgehead atoms. The second kappa shape index (κ2) is 9.44. The fourth-order valence-corrected chi connectivity index (χ4v) is 9.47. The third kappa shape index (κ3) is 4.94. The van der Waals surface area contributed by atoms with E-state index in [2.05, 4.69) is 41.5 Å². The van der Waals surface area contributed by atoms with Crippen LogP contribution < -0.4 is 5.84 Å². The Balaban J connectivity index is 2.99. The molecule has 0 aliphatic heterocycles. The molecule has 6 nitrogen and oxygen atoms in total. The first-order chi connectivity index (χ1) is 12.5. The number of hydrogen-bond donors (Lipinski definition) is 1. The Hall–Kier alpha value is -1.76. The second-order valence-corrected chi connectivity index (χ2v) is 13.4. The number of carbonyl (C=O) groups is 2. The van der Waals surface area contributed by atoms with Gasteiger partial charge in [-0.1, -0.05) is 41.5 Å². The predicted molar refractivity (Wildman–Crippen MR) is 111 cm³/mol. The minimum Gasteiger partial charge on any atom is -0.518 e. The fourth-order valence-electron chi connectivity index (χ4n) is 4.27. The number of nitrogens with two attached hydrogens (primary N) is 1. The quantitative estimate of drug-likeness (QED) is 0.381. The van der Waals surface area contributed by atoms with Gasteiger partial charge in [0.25, 0.3) is 14.3 Å². The lowest BCUT2D eigenvalue weighted by molar-refractivity contribution is -0.135. The van der Waals surface area contributed by atoms with Crippen LogP contribution in [0.3, 0.4) is 0 Å². The summed E-state index contributed by atoms with van der Waals surface area (Å²) in [7, 11) is -2.26. The van der Waals surface area contributed by atoms with Crippen molar-refractivity contribution in [3.05, 3.63) is 23.0 Å². The van der Waals surface area contributed by atoms with Gasteiger partial charge in [0, 0.05) is 12.6 Å². The van der Waals surface area contributed by atoms with E-state index < -0.39 is 14.3 Å². The van der Waals surface area contributed by atoms with Gasteiger partial charge in [-0.15, -0.1) is 0 Å². The Morgan fingerprint density at radius 3 is 2.07 bits per heavy atom. The topological polar surface area (TPSA) is 83.6 Å². The molecule has 1 aromatic rings. The summed E-state index contributed by atoms with van der Waals surface area (Å²) in [5.74, 6) is 5.24. The molecule has 0 saturated carbocycles. The van der Waals surface area contributed by atoms with E-state index in [1.807, 2.05) is 6.92 Å². The molecule has 0 unspecified atom stereocenters. The minimum atomic E-state index is -2.26. The van der Waals surface area contributed by atoms with Crippen LogP contribution in [0.4, 0.5) is 0 Å². The van der Waals surface area contributed by atoms with Gasteiger partial charge in [-0.2, -0.15) is 0 Å². The first kappa shape index (κ1) is 23.3. The minimum absolute atomic E-state index is 0.197. The number of nitrogens with zero attached hydrogens (tertiary/aromatic N) is 1. The average molecular weight is 397 g/mol. The number of esters is 1. The molecule has 0 aliphatic carbocycles. The van der Waals surface area contributed by atoms with E-state index in [4.69, 9.17) is 15.0 Å². The van der Waals surface area contributed by atoms with E-state index in [0.717, 1.165) is 11.1 Å². The molecule has 1 rings (SSSR count). The van der Waals surface area contributed by atoms with Crippen LogP contribution in [0.5, 0.6) is 0 Å². The molecule has 154 valence electrons. The van der Waals surface area contributed by atoms with Gasteiger partial charge in [-0.05, 0) is 48.0 Å². The van der Waals surface area contributed by atoms with E-state index in [-0.39, 0.29) is 19.0 Å². The van der Waals surface area contributed by atoms with E-state index in [1.165, 1.54) is 4.68 Å². The van der Waals surface area contributed by atoms with E-state index in [1.54, 1.807) is 13.1 Å². The summed E-state index contributed by atoms with van der Waals surface area (Å²) in [6.45, 7) is 16.8. The Bertz CT molecular complexity index is 643. The van der Waals surface area contributed by atoms with Crippen LogP contribution in [0.15, 0.2) is 6.20 Å². The highest BCUT2D eigenvalue weighted by molar-refractivity contribution is 6.78. The summed E-state index contributed by atoms with van der Waals surface area (Å²) in [6, 6.07) is 0. The molecular formula is C20H36N2O4Si. The molecule has 2 N–H and O–H groups in total.